The standard InChI is InChI=1S/C19H18BrNO/c1-13(20)19(22)21-16-11-15-9-5-6-10-17(15)18(12-16)14-7-3-2-4-8-14/h2-10,16,18H,1,11-12H2,(H,21,22). The van der Waals surface area contributed by atoms with Crippen molar-refractivity contribution in [3.8, 4) is 0 Å². The first-order valence-corrected chi connectivity index (χ1v) is 8.22. The Bertz CT molecular complexity index is 696. The third-order valence-electron chi connectivity index (χ3n) is 4.20. The Labute approximate surface area is 139 Å². The van der Waals surface area contributed by atoms with Gasteiger partial charge in [0.1, 0.15) is 0 Å². The molecule has 1 amide bonds. The van der Waals surface area contributed by atoms with Crippen LogP contribution in [-0.2, 0) is 11.2 Å². The van der Waals surface area contributed by atoms with Crippen molar-refractivity contribution < 1.29 is 4.79 Å². The van der Waals surface area contributed by atoms with Gasteiger partial charge >= 0.3 is 0 Å². The van der Waals surface area contributed by atoms with Crippen LogP contribution < -0.4 is 5.32 Å². The highest BCUT2D eigenvalue weighted by molar-refractivity contribution is 9.12. The molecule has 0 saturated heterocycles. The van der Waals surface area contributed by atoms with Crippen LogP contribution in [0.1, 0.15) is 29.0 Å². The number of fused-ring (bicyclic) bond motifs is 1. The number of benzene rings is 2. The van der Waals surface area contributed by atoms with Crippen LogP contribution >= 0.6 is 15.9 Å². The van der Waals surface area contributed by atoms with Crippen LogP contribution in [0, 0.1) is 0 Å². The topological polar surface area (TPSA) is 29.1 Å². The summed E-state index contributed by atoms with van der Waals surface area (Å²) in [6.45, 7) is 3.65. The minimum atomic E-state index is -0.129. The normalized spacial score (nSPS) is 20.0. The monoisotopic (exact) mass is 355 g/mol. The van der Waals surface area contributed by atoms with Crippen molar-refractivity contribution in [2.24, 2.45) is 0 Å². The van der Waals surface area contributed by atoms with Gasteiger partial charge in [-0.1, -0.05) is 61.2 Å². The average molecular weight is 356 g/mol. The molecule has 0 aliphatic heterocycles. The zero-order chi connectivity index (χ0) is 15.5. The van der Waals surface area contributed by atoms with Gasteiger partial charge in [0.25, 0.3) is 5.91 Å². The van der Waals surface area contributed by atoms with Gasteiger partial charge in [0.05, 0.1) is 4.48 Å². The fourth-order valence-corrected chi connectivity index (χ4v) is 3.31. The summed E-state index contributed by atoms with van der Waals surface area (Å²) in [5.41, 5.74) is 3.98. The van der Waals surface area contributed by atoms with E-state index in [1.54, 1.807) is 0 Å². The van der Waals surface area contributed by atoms with Gasteiger partial charge in [-0.15, -0.1) is 0 Å². The number of hydrogen-bond acceptors (Lipinski definition) is 1. The van der Waals surface area contributed by atoms with Crippen LogP contribution in [0.15, 0.2) is 65.7 Å². The molecule has 2 nitrogen and oxygen atoms in total. The van der Waals surface area contributed by atoms with Crippen molar-refractivity contribution in [2.75, 3.05) is 0 Å². The van der Waals surface area contributed by atoms with Crippen LogP contribution in [-0.4, -0.2) is 11.9 Å². The van der Waals surface area contributed by atoms with Crippen LogP contribution in [0.5, 0.6) is 0 Å². The van der Waals surface area contributed by atoms with Crippen molar-refractivity contribution >= 4 is 21.8 Å². The van der Waals surface area contributed by atoms with Crippen molar-refractivity contribution in [1.29, 1.82) is 0 Å². The lowest BCUT2D eigenvalue weighted by Crippen LogP contribution is -2.40. The van der Waals surface area contributed by atoms with Gasteiger partial charge in [0, 0.05) is 12.0 Å². The van der Waals surface area contributed by atoms with E-state index in [2.05, 4.69) is 76.4 Å². The summed E-state index contributed by atoms with van der Waals surface area (Å²) in [7, 11) is 0. The van der Waals surface area contributed by atoms with Crippen molar-refractivity contribution in [2.45, 2.75) is 24.8 Å². The van der Waals surface area contributed by atoms with Gasteiger partial charge in [-0.3, -0.25) is 4.79 Å². The summed E-state index contributed by atoms with van der Waals surface area (Å²) in [6, 6.07) is 19.1. The van der Waals surface area contributed by atoms with E-state index >= 15 is 0 Å². The third kappa shape index (κ3) is 3.14. The average Bonchev–Trinajstić information content (AvgIpc) is 2.55. The molecule has 112 valence electrons. The Morgan fingerprint density at radius 1 is 1.09 bits per heavy atom. The molecule has 2 unspecified atom stereocenters. The number of halogens is 1. The van der Waals surface area contributed by atoms with Crippen molar-refractivity contribution in [1.82, 2.24) is 5.32 Å². The molecule has 2 aromatic carbocycles. The molecule has 1 aliphatic rings. The Kier molecular flexibility index (Phi) is 4.44. The first kappa shape index (κ1) is 15.0. The number of carbonyl (C=O) groups is 1. The molecule has 0 spiro atoms. The van der Waals surface area contributed by atoms with E-state index in [1.165, 1.54) is 16.7 Å². The van der Waals surface area contributed by atoms with Gasteiger partial charge in [-0.25, -0.2) is 0 Å². The van der Waals surface area contributed by atoms with E-state index in [9.17, 15) is 4.79 Å². The fraction of sp³-hybridized carbons (Fsp3) is 0.211. The number of rotatable bonds is 3. The number of hydrogen-bond donors (Lipinski definition) is 1. The number of amides is 1. The summed E-state index contributed by atoms with van der Waals surface area (Å²) < 4.78 is 0.377. The summed E-state index contributed by atoms with van der Waals surface area (Å²) in [5.74, 6) is 0.191. The van der Waals surface area contributed by atoms with Gasteiger partial charge in [-0.2, -0.15) is 0 Å². The lowest BCUT2D eigenvalue weighted by molar-refractivity contribution is -0.117. The fourth-order valence-electron chi connectivity index (χ4n) is 3.19. The Morgan fingerprint density at radius 3 is 2.50 bits per heavy atom. The number of carbonyl (C=O) groups excluding carboxylic acids is 1. The molecular weight excluding hydrogens is 338 g/mol. The molecule has 2 aromatic rings. The molecule has 0 aromatic heterocycles. The van der Waals surface area contributed by atoms with E-state index in [0.29, 0.717) is 10.4 Å². The maximum Gasteiger partial charge on any atom is 0.257 e. The second kappa shape index (κ2) is 6.49. The SMILES string of the molecule is C=C(Br)C(=O)NC1Cc2ccccc2C(c2ccccc2)C1. The molecule has 3 heteroatoms. The first-order valence-electron chi connectivity index (χ1n) is 7.43. The summed E-state index contributed by atoms with van der Waals surface area (Å²) >= 11 is 3.15. The predicted octanol–water partition coefficient (Wildman–Crippen LogP) is 4.16. The Morgan fingerprint density at radius 2 is 1.77 bits per heavy atom. The lowest BCUT2D eigenvalue weighted by atomic mass is 9.77. The van der Waals surface area contributed by atoms with Crippen LogP contribution in [0.4, 0.5) is 0 Å². The van der Waals surface area contributed by atoms with Crippen LogP contribution in [0.25, 0.3) is 0 Å². The van der Waals surface area contributed by atoms with Crippen LogP contribution in [0.3, 0.4) is 0 Å². The molecule has 1 N–H and O–H groups in total. The van der Waals surface area contributed by atoms with Crippen molar-refractivity contribution in [3.63, 3.8) is 0 Å². The zero-order valence-electron chi connectivity index (χ0n) is 12.3. The quantitative estimate of drug-likeness (QED) is 0.823. The van der Waals surface area contributed by atoms with E-state index < -0.39 is 0 Å². The molecule has 0 heterocycles. The minimum absolute atomic E-state index is 0.127. The molecule has 22 heavy (non-hydrogen) atoms. The molecule has 0 fully saturated rings. The second-order valence-corrected chi connectivity index (χ2v) is 6.63. The molecule has 0 bridgehead atoms. The van der Waals surface area contributed by atoms with E-state index in [0.717, 1.165) is 12.8 Å². The Hall–Kier alpha value is -1.87. The summed E-state index contributed by atoms with van der Waals surface area (Å²) in [6.07, 6.45) is 1.78. The van der Waals surface area contributed by atoms with Gasteiger partial charge in [-0.05, 0) is 45.5 Å². The summed E-state index contributed by atoms with van der Waals surface area (Å²) in [5, 5.41) is 3.07. The van der Waals surface area contributed by atoms with Gasteiger partial charge < -0.3 is 5.32 Å². The molecule has 2 atom stereocenters. The molecule has 3 rings (SSSR count). The summed E-state index contributed by atoms with van der Waals surface area (Å²) in [4.78, 5) is 11.9. The molecule has 1 aliphatic carbocycles. The van der Waals surface area contributed by atoms with Gasteiger partial charge in [0.2, 0.25) is 0 Å². The molecule has 0 radical (unpaired) electrons. The first-order chi connectivity index (χ1) is 10.6. The third-order valence-corrected chi connectivity index (χ3v) is 4.56. The predicted molar refractivity (Wildman–Crippen MR) is 93.0 cm³/mol. The van der Waals surface area contributed by atoms with Gasteiger partial charge in [0.15, 0.2) is 0 Å². The maximum absolute atomic E-state index is 11.9. The molecular formula is C19H18BrNO. The van der Waals surface area contributed by atoms with Crippen LogP contribution in [0.2, 0.25) is 0 Å². The highest BCUT2D eigenvalue weighted by Gasteiger charge is 2.28. The van der Waals surface area contributed by atoms with E-state index in [1.807, 2.05) is 6.07 Å². The Balaban J connectivity index is 1.92. The smallest absolute Gasteiger partial charge is 0.257 e. The lowest BCUT2D eigenvalue weighted by Gasteiger charge is -2.32. The molecule has 0 saturated carbocycles. The highest BCUT2D eigenvalue weighted by atomic mass is 79.9. The maximum atomic E-state index is 11.9. The number of nitrogens with one attached hydrogen (secondary N) is 1. The highest BCUT2D eigenvalue weighted by Crippen LogP contribution is 2.36. The van der Waals surface area contributed by atoms with Crippen molar-refractivity contribution in [3.05, 3.63) is 82.3 Å². The zero-order valence-corrected chi connectivity index (χ0v) is 13.8. The van der Waals surface area contributed by atoms with E-state index in [4.69, 9.17) is 0 Å². The van der Waals surface area contributed by atoms with E-state index in [-0.39, 0.29) is 11.9 Å². The largest absolute Gasteiger partial charge is 0.349 e. The minimum Gasteiger partial charge on any atom is -0.349 e. The second-order valence-electron chi connectivity index (χ2n) is 5.68.